The van der Waals surface area contributed by atoms with Crippen LogP contribution in [0.25, 0.3) is 0 Å². The lowest BCUT2D eigenvalue weighted by Crippen LogP contribution is -2.40. The number of rotatable bonds is 5. The van der Waals surface area contributed by atoms with Gasteiger partial charge < -0.3 is 24.8 Å². The second-order valence-corrected chi connectivity index (χ2v) is 5.80. The highest BCUT2D eigenvalue weighted by Crippen LogP contribution is 2.09. The minimum Gasteiger partial charge on any atom is -0.491 e. The molecule has 1 unspecified atom stereocenters. The normalized spacial score (nSPS) is 12.5. The number of alkyl carbamates (subject to hydrolysis) is 1. The topological polar surface area (TPSA) is 88.0 Å². The summed E-state index contributed by atoms with van der Waals surface area (Å²) in [5.74, 6) is 0.499. The number of carbonyl (C=O) groups excluding carboxylic acids is 1. The van der Waals surface area contributed by atoms with Gasteiger partial charge in [-0.2, -0.15) is 0 Å². The van der Waals surface area contributed by atoms with E-state index in [9.17, 15) is 4.79 Å². The molecule has 6 nitrogen and oxygen atoms in total. The highest BCUT2D eigenvalue weighted by Gasteiger charge is 2.18. The number of hydrogen-bond donors (Lipinski definition) is 3. The zero-order valence-electron chi connectivity index (χ0n) is 12.8. The zero-order valence-corrected chi connectivity index (χ0v) is 12.8. The quantitative estimate of drug-likeness (QED) is 0.694. The summed E-state index contributed by atoms with van der Waals surface area (Å²) in [5, 5.41) is 20.8. The molecule has 0 aliphatic rings. The van der Waals surface area contributed by atoms with Crippen molar-refractivity contribution in [3.05, 3.63) is 24.3 Å². The van der Waals surface area contributed by atoms with Crippen molar-refractivity contribution in [2.24, 2.45) is 0 Å². The molecule has 1 aromatic rings. The molecule has 0 aliphatic carbocycles. The van der Waals surface area contributed by atoms with Gasteiger partial charge in [-0.3, -0.25) is 0 Å². The highest BCUT2D eigenvalue weighted by molar-refractivity contribution is 6.58. The zero-order chi connectivity index (χ0) is 16.0. The number of nitrogens with one attached hydrogen (secondary N) is 1. The molecular weight excluding hydrogens is 273 g/mol. The molecule has 0 radical (unpaired) electrons. The maximum atomic E-state index is 11.6. The molecule has 0 aromatic heterocycles. The van der Waals surface area contributed by atoms with Crippen LogP contribution in [0.2, 0.25) is 0 Å². The Kier molecular flexibility index (Phi) is 6.05. The number of hydrogen-bond acceptors (Lipinski definition) is 5. The van der Waals surface area contributed by atoms with E-state index in [1.54, 1.807) is 45.9 Å². The first-order valence-corrected chi connectivity index (χ1v) is 6.76. The van der Waals surface area contributed by atoms with Crippen molar-refractivity contribution >= 4 is 18.7 Å². The van der Waals surface area contributed by atoms with E-state index in [1.807, 2.05) is 0 Å². The lowest BCUT2D eigenvalue weighted by Gasteiger charge is -2.22. The summed E-state index contributed by atoms with van der Waals surface area (Å²) in [7, 11) is -1.54. The first-order chi connectivity index (χ1) is 9.67. The van der Waals surface area contributed by atoms with Crippen LogP contribution < -0.4 is 15.5 Å². The van der Waals surface area contributed by atoms with Crippen molar-refractivity contribution in [3.8, 4) is 5.75 Å². The van der Waals surface area contributed by atoms with Crippen LogP contribution in [-0.2, 0) is 4.74 Å². The fourth-order valence-electron chi connectivity index (χ4n) is 1.54. The highest BCUT2D eigenvalue weighted by atomic mass is 16.6. The van der Waals surface area contributed by atoms with E-state index < -0.39 is 18.8 Å². The fourth-order valence-corrected chi connectivity index (χ4v) is 1.54. The van der Waals surface area contributed by atoms with Gasteiger partial charge in [0.05, 0.1) is 6.04 Å². The summed E-state index contributed by atoms with van der Waals surface area (Å²) < 4.78 is 10.6. The Bertz CT molecular complexity index is 473. The average Bonchev–Trinajstić information content (AvgIpc) is 2.34. The van der Waals surface area contributed by atoms with Gasteiger partial charge in [-0.05, 0) is 45.3 Å². The molecule has 116 valence electrons. The Morgan fingerprint density at radius 1 is 1.38 bits per heavy atom. The third kappa shape index (κ3) is 7.01. The first-order valence-electron chi connectivity index (χ1n) is 6.76. The van der Waals surface area contributed by atoms with Gasteiger partial charge >= 0.3 is 13.2 Å². The number of carbonyl (C=O) groups is 1. The predicted octanol–water partition coefficient (Wildman–Crippen LogP) is 0.658. The Hall–Kier alpha value is -1.73. The van der Waals surface area contributed by atoms with Gasteiger partial charge in [0.1, 0.15) is 18.0 Å². The van der Waals surface area contributed by atoms with Crippen LogP contribution in [-0.4, -0.2) is 41.5 Å². The molecule has 1 amide bonds. The van der Waals surface area contributed by atoms with E-state index in [-0.39, 0.29) is 12.6 Å². The molecule has 0 aliphatic heterocycles. The maximum Gasteiger partial charge on any atom is 0.488 e. The number of ether oxygens (including phenoxy) is 2. The van der Waals surface area contributed by atoms with Crippen molar-refractivity contribution in [2.75, 3.05) is 6.61 Å². The van der Waals surface area contributed by atoms with Crippen LogP contribution in [0.15, 0.2) is 24.3 Å². The summed E-state index contributed by atoms with van der Waals surface area (Å²) in [5.41, 5.74) is -0.198. The summed E-state index contributed by atoms with van der Waals surface area (Å²) in [4.78, 5) is 11.6. The van der Waals surface area contributed by atoms with E-state index in [0.717, 1.165) is 0 Å². The second-order valence-electron chi connectivity index (χ2n) is 5.80. The first kappa shape index (κ1) is 17.3. The van der Waals surface area contributed by atoms with Crippen LogP contribution >= 0.6 is 0 Å². The van der Waals surface area contributed by atoms with Gasteiger partial charge in [0.2, 0.25) is 0 Å². The third-order valence-corrected chi connectivity index (χ3v) is 2.42. The van der Waals surface area contributed by atoms with E-state index in [4.69, 9.17) is 19.5 Å². The van der Waals surface area contributed by atoms with Crippen LogP contribution in [0.3, 0.4) is 0 Å². The van der Waals surface area contributed by atoms with Crippen molar-refractivity contribution in [3.63, 3.8) is 0 Å². The average molecular weight is 295 g/mol. The van der Waals surface area contributed by atoms with Crippen LogP contribution in [0, 0.1) is 0 Å². The third-order valence-electron chi connectivity index (χ3n) is 2.42. The van der Waals surface area contributed by atoms with Gasteiger partial charge in [0, 0.05) is 0 Å². The largest absolute Gasteiger partial charge is 0.491 e. The Labute approximate surface area is 125 Å². The summed E-state index contributed by atoms with van der Waals surface area (Å²) in [6.45, 7) is 7.40. The van der Waals surface area contributed by atoms with Crippen molar-refractivity contribution in [1.29, 1.82) is 0 Å². The molecule has 1 atom stereocenters. The SMILES string of the molecule is CC(COc1cccc(B(O)O)c1)NC(=O)OC(C)(C)C. The molecule has 0 spiro atoms. The fraction of sp³-hybridized carbons (Fsp3) is 0.500. The predicted molar refractivity (Wildman–Crippen MR) is 80.6 cm³/mol. The van der Waals surface area contributed by atoms with Gasteiger partial charge in [-0.1, -0.05) is 12.1 Å². The van der Waals surface area contributed by atoms with Gasteiger partial charge in [0.25, 0.3) is 0 Å². The lowest BCUT2D eigenvalue weighted by molar-refractivity contribution is 0.0494. The number of benzene rings is 1. The number of amides is 1. The van der Waals surface area contributed by atoms with E-state index in [2.05, 4.69) is 5.32 Å². The molecular formula is C14H22BNO5. The molecule has 0 heterocycles. The molecule has 7 heteroatoms. The standard InChI is InChI=1S/C14H22BNO5/c1-10(16-13(17)21-14(2,3)4)9-20-12-7-5-6-11(8-12)15(18)19/h5-8,10,18-19H,9H2,1-4H3,(H,16,17). The summed E-state index contributed by atoms with van der Waals surface area (Å²) in [6, 6.07) is 6.23. The molecule has 3 N–H and O–H groups in total. The van der Waals surface area contributed by atoms with Crippen molar-refractivity contribution in [2.45, 2.75) is 39.3 Å². The molecule has 0 saturated carbocycles. The van der Waals surface area contributed by atoms with E-state index in [1.165, 1.54) is 6.07 Å². The second kappa shape index (κ2) is 7.33. The maximum absolute atomic E-state index is 11.6. The molecule has 21 heavy (non-hydrogen) atoms. The summed E-state index contributed by atoms with van der Waals surface area (Å²) >= 11 is 0. The molecule has 0 bridgehead atoms. The van der Waals surface area contributed by atoms with Crippen LogP contribution in [0.1, 0.15) is 27.7 Å². The smallest absolute Gasteiger partial charge is 0.488 e. The van der Waals surface area contributed by atoms with Gasteiger partial charge in [0.15, 0.2) is 0 Å². The van der Waals surface area contributed by atoms with Gasteiger partial charge in [-0.15, -0.1) is 0 Å². The Balaban J connectivity index is 2.44. The van der Waals surface area contributed by atoms with E-state index >= 15 is 0 Å². The van der Waals surface area contributed by atoms with E-state index in [0.29, 0.717) is 11.2 Å². The minimum absolute atomic E-state index is 0.240. The van der Waals surface area contributed by atoms with Crippen LogP contribution in [0.4, 0.5) is 4.79 Å². The van der Waals surface area contributed by atoms with Gasteiger partial charge in [-0.25, -0.2) is 4.79 Å². The van der Waals surface area contributed by atoms with Crippen molar-refractivity contribution < 1.29 is 24.3 Å². The Morgan fingerprint density at radius 3 is 2.62 bits per heavy atom. The van der Waals surface area contributed by atoms with Crippen molar-refractivity contribution in [1.82, 2.24) is 5.32 Å². The lowest BCUT2D eigenvalue weighted by atomic mass is 9.80. The monoisotopic (exact) mass is 295 g/mol. The molecule has 0 fully saturated rings. The Morgan fingerprint density at radius 2 is 2.05 bits per heavy atom. The molecule has 1 rings (SSSR count). The van der Waals surface area contributed by atoms with Crippen LogP contribution in [0.5, 0.6) is 5.75 Å². The molecule has 0 saturated heterocycles. The minimum atomic E-state index is -1.54. The molecule has 1 aromatic carbocycles. The summed E-state index contributed by atoms with van der Waals surface area (Å²) in [6.07, 6.45) is -0.502.